The smallest absolute Gasteiger partial charge is 0.165 e. The number of benzene rings is 2. The molecule has 24 heavy (non-hydrogen) atoms. The lowest BCUT2D eigenvalue weighted by Gasteiger charge is -2.31. The van der Waals surface area contributed by atoms with Gasteiger partial charge in [-0.1, -0.05) is 24.3 Å². The van der Waals surface area contributed by atoms with Gasteiger partial charge < -0.3 is 9.47 Å². The van der Waals surface area contributed by atoms with E-state index in [1.807, 2.05) is 18.2 Å². The summed E-state index contributed by atoms with van der Waals surface area (Å²) in [7, 11) is 3.26. The lowest BCUT2D eigenvalue weighted by Crippen LogP contribution is -2.38. The van der Waals surface area contributed by atoms with E-state index < -0.39 is 0 Å². The Morgan fingerprint density at radius 3 is 2.71 bits per heavy atom. The monoisotopic (exact) mass is 329 g/mol. The summed E-state index contributed by atoms with van der Waals surface area (Å²) < 4.78 is 24.4. The number of rotatable bonds is 5. The number of piperidine rings is 1. The van der Waals surface area contributed by atoms with Crippen molar-refractivity contribution < 1.29 is 13.9 Å². The fraction of sp³-hybridized carbons (Fsp3) is 0.400. The van der Waals surface area contributed by atoms with E-state index in [-0.39, 0.29) is 11.6 Å². The number of hydrogen-bond acceptors (Lipinski definition) is 3. The molecule has 1 aliphatic rings. The van der Waals surface area contributed by atoms with Crippen molar-refractivity contribution >= 4 is 0 Å². The van der Waals surface area contributed by atoms with Gasteiger partial charge in [0.05, 0.1) is 13.2 Å². The lowest BCUT2D eigenvalue weighted by molar-refractivity contribution is 0.0285. The van der Waals surface area contributed by atoms with Crippen molar-refractivity contribution in [3.63, 3.8) is 0 Å². The quantitative estimate of drug-likeness (QED) is 0.824. The third-order valence-corrected chi connectivity index (χ3v) is 4.61. The first kappa shape index (κ1) is 16.9. The van der Waals surface area contributed by atoms with Crippen molar-refractivity contribution in [2.24, 2.45) is 0 Å². The number of halogens is 1. The zero-order valence-electron chi connectivity index (χ0n) is 14.3. The minimum Gasteiger partial charge on any atom is -0.494 e. The molecule has 2 aromatic carbocycles. The Balaban J connectivity index is 1.75. The van der Waals surface area contributed by atoms with Crippen LogP contribution in [-0.4, -0.2) is 38.3 Å². The molecule has 1 saturated heterocycles. The van der Waals surface area contributed by atoms with Crippen molar-refractivity contribution in [1.82, 2.24) is 4.90 Å². The number of likely N-dealkylation sites (tertiary alicyclic amines) is 1. The number of nitrogens with zero attached hydrogens (tertiary/aromatic N) is 1. The average Bonchev–Trinajstić information content (AvgIpc) is 2.62. The van der Waals surface area contributed by atoms with Gasteiger partial charge >= 0.3 is 0 Å². The van der Waals surface area contributed by atoms with Crippen LogP contribution >= 0.6 is 0 Å². The zero-order chi connectivity index (χ0) is 16.9. The van der Waals surface area contributed by atoms with Gasteiger partial charge in [0.25, 0.3) is 0 Å². The van der Waals surface area contributed by atoms with Crippen LogP contribution in [0.5, 0.6) is 5.75 Å². The molecule has 3 rings (SSSR count). The van der Waals surface area contributed by atoms with E-state index in [2.05, 4.69) is 17.0 Å². The van der Waals surface area contributed by atoms with Crippen LogP contribution < -0.4 is 4.74 Å². The molecule has 1 heterocycles. The molecule has 128 valence electrons. The third-order valence-electron chi connectivity index (χ3n) is 4.61. The molecule has 1 unspecified atom stereocenters. The van der Waals surface area contributed by atoms with E-state index in [0.29, 0.717) is 6.10 Å². The van der Waals surface area contributed by atoms with E-state index in [1.54, 1.807) is 13.2 Å². The highest BCUT2D eigenvalue weighted by Crippen LogP contribution is 2.26. The number of hydrogen-bond donors (Lipinski definition) is 0. The van der Waals surface area contributed by atoms with E-state index in [4.69, 9.17) is 9.47 Å². The van der Waals surface area contributed by atoms with Crippen molar-refractivity contribution in [1.29, 1.82) is 0 Å². The minimum atomic E-state index is -0.334. The molecule has 0 radical (unpaired) electrons. The van der Waals surface area contributed by atoms with E-state index in [1.165, 1.54) is 25.2 Å². The molecule has 0 bridgehead atoms. The highest BCUT2D eigenvalue weighted by Gasteiger charge is 2.19. The molecular weight excluding hydrogens is 305 g/mol. The van der Waals surface area contributed by atoms with Gasteiger partial charge in [-0.3, -0.25) is 4.90 Å². The molecule has 3 nitrogen and oxygen atoms in total. The van der Waals surface area contributed by atoms with E-state index in [9.17, 15) is 4.39 Å². The van der Waals surface area contributed by atoms with E-state index in [0.717, 1.165) is 37.2 Å². The summed E-state index contributed by atoms with van der Waals surface area (Å²) in [5.74, 6) is -0.0619. The molecule has 1 fully saturated rings. The van der Waals surface area contributed by atoms with Crippen molar-refractivity contribution in [3.8, 4) is 16.9 Å². The predicted molar refractivity (Wildman–Crippen MR) is 93.7 cm³/mol. The van der Waals surface area contributed by atoms with Gasteiger partial charge in [-0.05, 0) is 54.3 Å². The Morgan fingerprint density at radius 2 is 1.96 bits per heavy atom. The van der Waals surface area contributed by atoms with Crippen LogP contribution in [0.1, 0.15) is 18.4 Å². The van der Waals surface area contributed by atoms with Crippen LogP contribution in [-0.2, 0) is 11.3 Å². The fourth-order valence-corrected chi connectivity index (χ4v) is 3.30. The van der Waals surface area contributed by atoms with Crippen LogP contribution in [0.3, 0.4) is 0 Å². The second-order valence-corrected chi connectivity index (χ2v) is 6.28. The number of ether oxygens (including phenoxy) is 2. The standard InChI is InChI=1S/C20H24FNO2/c1-23-18-7-4-10-22(14-18)13-15-5-3-6-16(11-15)17-8-9-20(24-2)19(21)12-17/h3,5-6,8-9,11-12,18H,4,7,10,13-14H2,1-2H3. The van der Waals surface area contributed by atoms with Crippen LogP contribution in [0.25, 0.3) is 11.1 Å². The molecule has 4 heteroatoms. The molecule has 0 aromatic heterocycles. The molecule has 0 spiro atoms. The topological polar surface area (TPSA) is 21.7 Å². The molecule has 0 N–H and O–H groups in total. The number of methoxy groups -OCH3 is 2. The summed E-state index contributed by atoms with van der Waals surface area (Å²) in [6.07, 6.45) is 2.64. The summed E-state index contributed by atoms with van der Waals surface area (Å²) in [5.41, 5.74) is 3.12. The second-order valence-electron chi connectivity index (χ2n) is 6.28. The molecule has 0 amide bonds. The highest BCUT2D eigenvalue weighted by molar-refractivity contribution is 5.65. The summed E-state index contributed by atoms with van der Waals surface area (Å²) in [5, 5.41) is 0. The molecule has 0 aliphatic carbocycles. The van der Waals surface area contributed by atoms with Gasteiger partial charge in [0.1, 0.15) is 0 Å². The van der Waals surface area contributed by atoms with Gasteiger partial charge in [0, 0.05) is 20.2 Å². The maximum Gasteiger partial charge on any atom is 0.165 e. The first-order valence-corrected chi connectivity index (χ1v) is 8.37. The van der Waals surface area contributed by atoms with Gasteiger partial charge in [-0.15, -0.1) is 0 Å². The maximum absolute atomic E-state index is 13.9. The summed E-state index contributed by atoms with van der Waals surface area (Å²) in [6, 6.07) is 13.4. The Morgan fingerprint density at radius 1 is 1.12 bits per heavy atom. The molecule has 0 saturated carbocycles. The normalized spacial score (nSPS) is 18.5. The SMILES string of the molecule is COc1ccc(-c2cccc(CN3CCCC(OC)C3)c2)cc1F. The van der Waals surface area contributed by atoms with Gasteiger partial charge in [-0.2, -0.15) is 0 Å². The lowest BCUT2D eigenvalue weighted by atomic mass is 10.0. The van der Waals surface area contributed by atoms with Gasteiger partial charge in [0.15, 0.2) is 11.6 Å². The van der Waals surface area contributed by atoms with Crippen molar-refractivity contribution in [2.75, 3.05) is 27.3 Å². The Hall–Kier alpha value is -1.91. The zero-order valence-corrected chi connectivity index (χ0v) is 14.3. The molecular formula is C20H24FNO2. The molecule has 1 aliphatic heterocycles. The Labute approximate surface area is 143 Å². The fourth-order valence-electron chi connectivity index (χ4n) is 3.30. The van der Waals surface area contributed by atoms with Gasteiger partial charge in [-0.25, -0.2) is 4.39 Å². The average molecular weight is 329 g/mol. The first-order valence-electron chi connectivity index (χ1n) is 8.37. The van der Waals surface area contributed by atoms with Crippen molar-refractivity contribution in [2.45, 2.75) is 25.5 Å². The van der Waals surface area contributed by atoms with Crippen molar-refractivity contribution in [3.05, 3.63) is 53.8 Å². The minimum absolute atomic E-state index is 0.272. The van der Waals surface area contributed by atoms with Gasteiger partial charge in [0.2, 0.25) is 0 Å². The van der Waals surface area contributed by atoms with Crippen LogP contribution in [0.15, 0.2) is 42.5 Å². The van der Waals surface area contributed by atoms with Crippen LogP contribution in [0.2, 0.25) is 0 Å². The summed E-state index contributed by atoms with van der Waals surface area (Å²) >= 11 is 0. The summed E-state index contributed by atoms with van der Waals surface area (Å²) in [6.45, 7) is 2.96. The highest BCUT2D eigenvalue weighted by atomic mass is 19.1. The largest absolute Gasteiger partial charge is 0.494 e. The van der Waals surface area contributed by atoms with Crippen LogP contribution in [0, 0.1) is 5.82 Å². The van der Waals surface area contributed by atoms with Crippen LogP contribution in [0.4, 0.5) is 4.39 Å². The second kappa shape index (κ2) is 7.77. The Bertz CT molecular complexity index is 689. The summed E-state index contributed by atoms with van der Waals surface area (Å²) in [4.78, 5) is 2.42. The molecule has 2 aromatic rings. The predicted octanol–water partition coefficient (Wildman–Crippen LogP) is 4.11. The maximum atomic E-state index is 13.9. The van der Waals surface area contributed by atoms with E-state index >= 15 is 0 Å². The Kier molecular flexibility index (Phi) is 5.48. The third kappa shape index (κ3) is 3.94. The first-order chi connectivity index (χ1) is 11.7. The molecule has 1 atom stereocenters.